The normalized spacial score (nSPS) is 13.5. The quantitative estimate of drug-likeness (QED) is 0.125. The molecule has 1 aliphatic carbocycles. The van der Waals surface area contributed by atoms with Crippen LogP contribution in [0.5, 0.6) is 0 Å². The minimum Gasteiger partial charge on any atom is -0.298 e. The fraction of sp³-hybridized carbons (Fsp3) is 0. The van der Waals surface area contributed by atoms with Crippen LogP contribution in [0.4, 0.5) is 5.69 Å². The van der Waals surface area contributed by atoms with E-state index < -0.39 is 0 Å². The van der Waals surface area contributed by atoms with Crippen LogP contribution >= 0.6 is 0 Å². The molecular formula is C57H38N4. The zero-order valence-corrected chi connectivity index (χ0v) is 33.2. The molecule has 0 saturated carbocycles. The Bertz CT molecular complexity index is 3470. The van der Waals surface area contributed by atoms with Gasteiger partial charge in [-0.15, -0.1) is 0 Å². The molecule has 0 atom stereocenters. The number of pyridine rings is 1. The van der Waals surface area contributed by atoms with Gasteiger partial charge in [-0.25, -0.2) is 0 Å². The average Bonchev–Trinajstić information content (AvgIpc) is 3.33. The van der Waals surface area contributed by atoms with Gasteiger partial charge in [0.05, 0.1) is 11.4 Å². The monoisotopic (exact) mass is 778 g/mol. The number of hydrogen-bond acceptors (Lipinski definition) is 4. The van der Waals surface area contributed by atoms with Gasteiger partial charge in [-0.3, -0.25) is 15.8 Å². The second-order valence-corrected chi connectivity index (χ2v) is 15.6. The van der Waals surface area contributed by atoms with Gasteiger partial charge in [0.15, 0.2) is 0 Å². The van der Waals surface area contributed by atoms with E-state index in [1.54, 1.807) is 6.20 Å². The number of fused-ring (bicyclic) bond motifs is 4. The molecule has 61 heavy (non-hydrogen) atoms. The Balaban J connectivity index is 0.958. The van der Waals surface area contributed by atoms with Crippen LogP contribution in [0, 0.1) is 5.41 Å². The fourth-order valence-electron chi connectivity index (χ4n) is 8.47. The molecule has 0 fully saturated rings. The van der Waals surface area contributed by atoms with E-state index in [9.17, 15) is 5.41 Å². The largest absolute Gasteiger partial charge is 0.298 e. The molecule has 0 radical (unpaired) electrons. The summed E-state index contributed by atoms with van der Waals surface area (Å²) in [5.74, 6) is 0. The lowest BCUT2D eigenvalue weighted by Crippen LogP contribution is -2.18. The van der Waals surface area contributed by atoms with Crippen molar-refractivity contribution in [3.8, 4) is 33.4 Å². The van der Waals surface area contributed by atoms with Crippen molar-refractivity contribution in [1.82, 2.24) is 4.98 Å². The van der Waals surface area contributed by atoms with E-state index in [2.05, 4.69) is 186 Å². The van der Waals surface area contributed by atoms with Gasteiger partial charge in [0, 0.05) is 23.5 Å². The lowest BCUT2D eigenvalue weighted by atomic mass is 9.86. The molecule has 0 spiro atoms. The van der Waals surface area contributed by atoms with E-state index in [4.69, 9.17) is 5.10 Å². The van der Waals surface area contributed by atoms with Crippen molar-refractivity contribution in [3.05, 3.63) is 230 Å². The molecule has 1 heterocycles. The van der Waals surface area contributed by atoms with Crippen LogP contribution in [0.2, 0.25) is 0 Å². The molecule has 0 saturated heterocycles. The highest BCUT2D eigenvalue weighted by Crippen LogP contribution is 2.35. The zero-order valence-electron chi connectivity index (χ0n) is 33.2. The molecule has 0 bridgehead atoms. The molecule has 2 N–H and O–H groups in total. The summed E-state index contributed by atoms with van der Waals surface area (Å²) >= 11 is 0. The summed E-state index contributed by atoms with van der Waals surface area (Å²) in [7, 11) is 0. The molecule has 9 aromatic carbocycles. The van der Waals surface area contributed by atoms with Crippen molar-refractivity contribution in [3.63, 3.8) is 0 Å². The summed E-state index contributed by atoms with van der Waals surface area (Å²) in [5, 5.41) is 24.0. The topological polar surface area (TPSA) is 61.1 Å². The Morgan fingerprint density at radius 1 is 0.377 bits per heavy atom. The van der Waals surface area contributed by atoms with Crippen LogP contribution in [-0.4, -0.2) is 16.4 Å². The number of hydrazone groups is 1. The van der Waals surface area contributed by atoms with Crippen molar-refractivity contribution in [2.75, 3.05) is 5.43 Å². The molecule has 11 rings (SSSR count). The van der Waals surface area contributed by atoms with Gasteiger partial charge < -0.3 is 0 Å². The first-order valence-electron chi connectivity index (χ1n) is 20.5. The average molecular weight is 779 g/mol. The van der Waals surface area contributed by atoms with Gasteiger partial charge in [0.25, 0.3) is 0 Å². The molecule has 0 amide bonds. The summed E-state index contributed by atoms with van der Waals surface area (Å²) in [5.41, 5.74) is 15.7. The van der Waals surface area contributed by atoms with E-state index in [1.807, 2.05) is 36.5 Å². The lowest BCUT2D eigenvalue weighted by Gasteiger charge is -2.19. The first-order valence-corrected chi connectivity index (χ1v) is 20.5. The minimum atomic E-state index is 0.354. The third-order valence-corrected chi connectivity index (χ3v) is 11.8. The lowest BCUT2D eigenvalue weighted by molar-refractivity contribution is 1.32. The van der Waals surface area contributed by atoms with E-state index in [0.29, 0.717) is 11.4 Å². The van der Waals surface area contributed by atoms with Crippen LogP contribution in [0.3, 0.4) is 0 Å². The Labute approximate surface area is 354 Å². The summed E-state index contributed by atoms with van der Waals surface area (Å²) in [6, 6.07) is 68.8. The van der Waals surface area contributed by atoms with Crippen molar-refractivity contribution < 1.29 is 0 Å². The standard InChI is InChI=1S/C57H38N4/c58-57-55(51-25-24-48-30-45(20-21-49(48)32-51)43-17-15-38-8-2-4-10-40(38)28-43)34-53(35-56(57)61-60-54-13-5-11-41(33-54)52-12-6-26-59-36-52)50-23-22-46-29-44(18-19-47(46)31-50)42-16-14-37-7-1-3-9-39(37)27-42/h1-36,58,60H/b58-57?,61-56-. The number of allylic oxidation sites excluding steroid dienone is 4. The number of anilines is 1. The number of hydrogen-bond donors (Lipinski definition) is 2. The van der Waals surface area contributed by atoms with Crippen molar-refractivity contribution in [2.24, 2.45) is 5.10 Å². The summed E-state index contributed by atoms with van der Waals surface area (Å²) < 4.78 is 0. The number of rotatable bonds is 7. The SMILES string of the molecule is N=C1C(c2ccc3cc(-c4ccc5ccccc5c4)ccc3c2)=CC(c2ccc3cc(-c4ccc5ccccc5c4)ccc3c2)=C/C1=N/Nc1cccc(-c2cccnc2)c1. The number of benzene rings is 9. The van der Waals surface area contributed by atoms with Crippen LogP contribution in [-0.2, 0) is 0 Å². The first-order chi connectivity index (χ1) is 30.1. The fourth-order valence-corrected chi connectivity index (χ4v) is 8.47. The third-order valence-electron chi connectivity index (χ3n) is 11.8. The van der Waals surface area contributed by atoms with Gasteiger partial charge in [-0.05, 0) is 154 Å². The molecule has 1 aliphatic rings. The Morgan fingerprint density at radius 2 is 0.836 bits per heavy atom. The number of aromatic nitrogens is 1. The first kappa shape index (κ1) is 35.9. The summed E-state index contributed by atoms with van der Waals surface area (Å²) in [4.78, 5) is 4.30. The van der Waals surface area contributed by atoms with Gasteiger partial charge in [0.2, 0.25) is 0 Å². The highest BCUT2D eigenvalue weighted by molar-refractivity contribution is 6.62. The molecule has 0 unspecified atom stereocenters. The zero-order chi connectivity index (χ0) is 40.7. The molecule has 4 nitrogen and oxygen atoms in total. The van der Waals surface area contributed by atoms with Crippen LogP contribution in [0.25, 0.3) is 87.6 Å². The predicted octanol–water partition coefficient (Wildman–Crippen LogP) is 14.7. The van der Waals surface area contributed by atoms with E-state index in [1.165, 1.54) is 49.2 Å². The van der Waals surface area contributed by atoms with Gasteiger partial charge >= 0.3 is 0 Å². The molecule has 286 valence electrons. The van der Waals surface area contributed by atoms with E-state index in [-0.39, 0.29) is 0 Å². The Morgan fingerprint density at radius 3 is 1.41 bits per heavy atom. The molecule has 4 heteroatoms. The molecule has 10 aromatic rings. The number of nitrogens with one attached hydrogen (secondary N) is 2. The predicted molar refractivity (Wildman–Crippen MR) is 258 cm³/mol. The van der Waals surface area contributed by atoms with E-state index >= 15 is 0 Å². The third kappa shape index (κ3) is 7.07. The number of nitrogens with zero attached hydrogens (tertiary/aromatic N) is 2. The van der Waals surface area contributed by atoms with Gasteiger partial charge in [0.1, 0.15) is 5.71 Å². The van der Waals surface area contributed by atoms with E-state index in [0.717, 1.165) is 55.2 Å². The molecule has 1 aromatic heterocycles. The van der Waals surface area contributed by atoms with Crippen LogP contribution < -0.4 is 5.43 Å². The van der Waals surface area contributed by atoms with Gasteiger partial charge in [-0.1, -0.05) is 140 Å². The van der Waals surface area contributed by atoms with Crippen molar-refractivity contribution >= 4 is 71.3 Å². The molecule has 0 aliphatic heterocycles. The molecular weight excluding hydrogens is 741 g/mol. The van der Waals surface area contributed by atoms with Crippen LogP contribution in [0.1, 0.15) is 11.1 Å². The highest BCUT2D eigenvalue weighted by atomic mass is 15.3. The second kappa shape index (κ2) is 15.2. The maximum Gasteiger partial charge on any atom is 0.109 e. The van der Waals surface area contributed by atoms with Crippen molar-refractivity contribution in [1.29, 1.82) is 5.41 Å². The maximum atomic E-state index is 9.55. The Kier molecular flexibility index (Phi) is 8.94. The minimum absolute atomic E-state index is 0.354. The summed E-state index contributed by atoms with van der Waals surface area (Å²) in [6.07, 6.45) is 7.79. The van der Waals surface area contributed by atoms with Gasteiger partial charge in [-0.2, -0.15) is 5.10 Å². The smallest absolute Gasteiger partial charge is 0.109 e. The second-order valence-electron chi connectivity index (χ2n) is 15.6. The Hall–Kier alpha value is -8.21. The maximum absolute atomic E-state index is 9.55. The highest BCUT2D eigenvalue weighted by Gasteiger charge is 2.21. The van der Waals surface area contributed by atoms with Crippen molar-refractivity contribution in [2.45, 2.75) is 0 Å². The summed E-state index contributed by atoms with van der Waals surface area (Å²) in [6.45, 7) is 0. The van der Waals surface area contributed by atoms with Crippen LogP contribution in [0.15, 0.2) is 224 Å².